The van der Waals surface area contributed by atoms with E-state index < -0.39 is 15.9 Å². The minimum Gasteiger partial charge on any atom is -0.468 e. The Morgan fingerprint density at radius 1 is 1.43 bits per heavy atom. The van der Waals surface area contributed by atoms with Crippen LogP contribution < -0.4 is 5.32 Å². The first kappa shape index (κ1) is 21.2. The topological polar surface area (TPSA) is 119 Å². The molecule has 2 aromatic rings. The second-order valence-corrected chi connectivity index (χ2v) is 11.2. The molecule has 0 aliphatic carbocycles. The van der Waals surface area contributed by atoms with Crippen molar-refractivity contribution in [2.45, 2.75) is 21.4 Å². The maximum atomic E-state index is 12.7. The van der Waals surface area contributed by atoms with Crippen LogP contribution >= 0.6 is 34.4 Å². The van der Waals surface area contributed by atoms with Crippen LogP contribution in [0.1, 0.15) is 12.8 Å². The number of thioether (sulfide) groups is 1. The van der Waals surface area contributed by atoms with Crippen molar-refractivity contribution in [3.8, 4) is 0 Å². The predicted molar refractivity (Wildman–Crippen MR) is 107 cm³/mol. The molecule has 0 spiro atoms. The Bertz CT molecular complexity index is 928. The molecule has 1 aliphatic rings. The van der Waals surface area contributed by atoms with Gasteiger partial charge in [0.2, 0.25) is 11.0 Å². The van der Waals surface area contributed by atoms with Gasteiger partial charge in [0.25, 0.3) is 10.0 Å². The van der Waals surface area contributed by atoms with Crippen molar-refractivity contribution in [1.29, 1.82) is 0 Å². The highest BCUT2D eigenvalue weighted by Crippen LogP contribution is 2.29. The predicted octanol–water partition coefficient (Wildman–Crippen LogP) is 1.90. The highest BCUT2D eigenvalue weighted by molar-refractivity contribution is 8.01. The first-order valence-electron chi connectivity index (χ1n) is 8.28. The molecule has 0 radical (unpaired) electrons. The normalized spacial score (nSPS) is 18.0. The van der Waals surface area contributed by atoms with Crippen LogP contribution in [0.3, 0.4) is 0 Å². The summed E-state index contributed by atoms with van der Waals surface area (Å²) >= 11 is 3.49. The van der Waals surface area contributed by atoms with Crippen molar-refractivity contribution in [2.24, 2.45) is 5.92 Å². The van der Waals surface area contributed by atoms with Crippen molar-refractivity contribution < 1.29 is 22.7 Å². The molecule has 1 amide bonds. The number of piperidine rings is 1. The second kappa shape index (κ2) is 9.31. The average molecular weight is 463 g/mol. The van der Waals surface area contributed by atoms with E-state index in [0.717, 1.165) is 22.7 Å². The summed E-state index contributed by atoms with van der Waals surface area (Å²) in [5, 5.41) is 12.5. The van der Waals surface area contributed by atoms with Gasteiger partial charge in [-0.2, -0.15) is 4.31 Å². The number of sulfonamides is 1. The molecule has 1 saturated heterocycles. The summed E-state index contributed by atoms with van der Waals surface area (Å²) in [7, 11) is -2.27. The standard InChI is InChI=1S/C15H18N4O5S4/c1-24-11(20)9-26-15-18-17-14(27-15)16-13(21)10-4-2-6-19(8-10)28(22,23)12-5-3-7-25-12/h3,5,7,10H,2,4,6,8-9H2,1H3,(H,16,17,21). The summed E-state index contributed by atoms with van der Waals surface area (Å²) in [6.45, 7) is 0.534. The van der Waals surface area contributed by atoms with Gasteiger partial charge in [0.1, 0.15) is 4.21 Å². The van der Waals surface area contributed by atoms with Crippen LogP contribution in [0.2, 0.25) is 0 Å². The molecule has 1 fully saturated rings. The van der Waals surface area contributed by atoms with Crippen LogP contribution in [0.25, 0.3) is 0 Å². The molecule has 3 heterocycles. The van der Waals surface area contributed by atoms with E-state index in [9.17, 15) is 18.0 Å². The number of hydrogen-bond acceptors (Lipinski definition) is 10. The lowest BCUT2D eigenvalue weighted by Gasteiger charge is -2.30. The molecule has 9 nitrogen and oxygen atoms in total. The molecule has 3 rings (SSSR count). The number of anilines is 1. The molecule has 1 atom stereocenters. The monoisotopic (exact) mass is 462 g/mol. The largest absolute Gasteiger partial charge is 0.468 e. The number of carbonyl (C=O) groups excluding carboxylic acids is 2. The van der Waals surface area contributed by atoms with Crippen molar-refractivity contribution in [1.82, 2.24) is 14.5 Å². The number of esters is 1. The molecular formula is C15H18N4O5S4. The van der Waals surface area contributed by atoms with Crippen LogP contribution in [0.5, 0.6) is 0 Å². The van der Waals surface area contributed by atoms with Crippen molar-refractivity contribution in [3.63, 3.8) is 0 Å². The van der Waals surface area contributed by atoms with Crippen LogP contribution in [0.4, 0.5) is 5.13 Å². The Morgan fingerprint density at radius 2 is 2.25 bits per heavy atom. The number of methoxy groups -OCH3 is 1. The van der Waals surface area contributed by atoms with Gasteiger partial charge in [-0.1, -0.05) is 29.2 Å². The van der Waals surface area contributed by atoms with Gasteiger partial charge in [-0.3, -0.25) is 9.59 Å². The summed E-state index contributed by atoms with van der Waals surface area (Å²) in [5.74, 6) is -1.01. The number of aromatic nitrogens is 2. The zero-order valence-electron chi connectivity index (χ0n) is 14.9. The maximum Gasteiger partial charge on any atom is 0.316 e. The third-order valence-corrected chi connectivity index (χ3v) is 9.21. The Morgan fingerprint density at radius 3 is 2.96 bits per heavy atom. The maximum absolute atomic E-state index is 12.7. The first-order valence-corrected chi connectivity index (χ1v) is 12.4. The first-order chi connectivity index (χ1) is 13.4. The zero-order chi connectivity index (χ0) is 20.1. The van der Waals surface area contributed by atoms with E-state index in [4.69, 9.17) is 0 Å². The number of nitrogens with zero attached hydrogens (tertiary/aromatic N) is 3. The minimum absolute atomic E-state index is 0.108. The van der Waals surface area contributed by atoms with E-state index in [0.29, 0.717) is 28.9 Å². The van der Waals surface area contributed by atoms with Crippen molar-refractivity contribution in [2.75, 3.05) is 31.3 Å². The molecule has 2 aromatic heterocycles. The molecule has 0 bridgehead atoms. The number of hydrogen-bond donors (Lipinski definition) is 1. The fourth-order valence-electron chi connectivity index (χ4n) is 2.62. The summed E-state index contributed by atoms with van der Waals surface area (Å²) in [5.41, 5.74) is 0. The number of nitrogens with one attached hydrogen (secondary N) is 1. The molecule has 0 aromatic carbocycles. The number of carbonyl (C=O) groups is 2. The smallest absolute Gasteiger partial charge is 0.316 e. The molecule has 1 aliphatic heterocycles. The fourth-order valence-corrected chi connectivity index (χ4v) is 6.87. The third kappa shape index (κ3) is 5.08. The SMILES string of the molecule is COC(=O)CSc1nnc(NC(=O)C2CCCN(S(=O)(=O)c3cccs3)C2)s1. The summed E-state index contributed by atoms with van der Waals surface area (Å²) < 4.78 is 32.1. The summed E-state index contributed by atoms with van der Waals surface area (Å²) in [6, 6.07) is 3.26. The second-order valence-electron chi connectivity index (χ2n) is 5.86. The molecule has 13 heteroatoms. The van der Waals surface area contributed by atoms with Gasteiger partial charge < -0.3 is 10.1 Å². The summed E-state index contributed by atoms with van der Waals surface area (Å²) in [4.78, 5) is 23.7. The number of rotatable bonds is 7. The highest BCUT2D eigenvalue weighted by Gasteiger charge is 2.34. The van der Waals surface area contributed by atoms with Gasteiger partial charge in [-0.15, -0.1) is 21.5 Å². The number of thiophene rings is 1. The van der Waals surface area contributed by atoms with Gasteiger partial charge in [0.05, 0.1) is 18.8 Å². The molecule has 0 saturated carbocycles. The quantitative estimate of drug-likeness (QED) is 0.377. The molecule has 1 N–H and O–H groups in total. The van der Waals surface area contributed by atoms with Crippen LogP contribution in [-0.2, 0) is 24.3 Å². The van der Waals surface area contributed by atoms with Crippen molar-refractivity contribution >= 4 is 61.5 Å². The van der Waals surface area contributed by atoms with Crippen LogP contribution in [-0.4, -0.2) is 60.7 Å². The summed E-state index contributed by atoms with van der Waals surface area (Å²) in [6.07, 6.45) is 1.21. The lowest BCUT2D eigenvalue weighted by molar-refractivity contribution is -0.137. The molecule has 1 unspecified atom stereocenters. The Labute approximate surface area is 174 Å². The Hall–Kier alpha value is -1.54. The van der Waals surface area contributed by atoms with Gasteiger partial charge in [0, 0.05) is 13.1 Å². The zero-order valence-corrected chi connectivity index (χ0v) is 18.1. The molecule has 152 valence electrons. The van der Waals surface area contributed by atoms with E-state index in [1.807, 2.05) is 0 Å². The van der Waals surface area contributed by atoms with E-state index in [-0.39, 0.29) is 28.4 Å². The average Bonchev–Trinajstić information content (AvgIpc) is 3.38. The van der Waals surface area contributed by atoms with E-state index >= 15 is 0 Å². The van der Waals surface area contributed by atoms with Gasteiger partial charge in [-0.05, 0) is 24.3 Å². The van der Waals surface area contributed by atoms with Gasteiger partial charge in [-0.25, -0.2) is 8.42 Å². The van der Waals surface area contributed by atoms with Gasteiger partial charge >= 0.3 is 5.97 Å². The van der Waals surface area contributed by atoms with Crippen molar-refractivity contribution in [3.05, 3.63) is 17.5 Å². The lowest BCUT2D eigenvalue weighted by atomic mass is 9.99. The van der Waals surface area contributed by atoms with Gasteiger partial charge in [0.15, 0.2) is 4.34 Å². The lowest BCUT2D eigenvalue weighted by Crippen LogP contribution is -2.43. The van der Waals surface area contributed by atoms with Crippen LogP contribution in [0, 0.1) is 5.92 Å². The minimum atomic E-state index is -3.57. The van der Waals surface area contributed by atoms with E-state index in [2.05, 4.69) is 20.3 Å². The molecular weight excluding hydrogens is 444 g/mol. The third-order valence-electron chi connectivity index (χ3n) is 4.02. The molecule has 28 heavy (non-hydrogen) atoms. The van der Waals surface area contributed by atoms with E-state index in [1.54, 1.807) is 17.5 Å². The van der Waals surface area contributed by atoms with Crippen LogP contribution in [0.15, 0.2) is 26.1 Å². The fraction of sp³-hybridized carbons (Fsp3) is 0.467. The highest BCUT2D eigenvalue weighted by atomic mass is 32.2. The number of ether oxygens (including phenoxy) is 1. The number of amides is 1. The Kier molecular flexibility index (Phi) is 7.04. The van der Waals surface area contributed by atoms with E-state index in [1.165, 1.54) is 23.2 Å². The Balaban J connectivity index is 1.59.